The average molecular weight is 416 g/mol. The normalized spacial score (nSPS) is 12.7. The van der Waals surface area contributed by atoms with Crippen molar-refractivity contribution in [3.8, 4) is 0 Å². The van der Waals surface area contributed by atoms with Crippen molar-refractivity contribution in [2.45, 2.75) is 32.7 Å². The van der Waals surface area contributed by atoms with E-state index in [1.807, 2.05) is 11.7 Å². The van der Waals surface area contributed by atoms with Gasteiger partial charge in [0.05, 0.1) is 21.9 Å². The van der Waals surface area contributed by atoms with Crippen molar-refractivity contribution in [3.63, 3.8) is 0 Å². The predicted octanol–water partition coefficient (Wildman–Crippen LogP) is 3.56. The molecule has 6 heteroatoms. The molecule has 1 aromatic heterocycles. The Balaban J connectivity index is 2.33. The molecule has 1 atom stereocenters. The van der Waals surface area contributed by atoms with Crippen molar-refractivity contribution in [1.82, 2.24) is 15.2 Å². The highest BCUT2D eigenvalue weighted by Gasteiger charge is 2.18. The molecule has 3 N–H and O–H groups in total. The lowest BCUT2D eigenvalue weighted by molar-refractivity contribution is 0.528. The number of nitrogens with two attached hydrogens (primary N) is 1. The van der Waals surface area contributed by atoms with Gasteiger partial charge in [-0.3, -0.25) is 16.0 Å². The highest BCUT2D eigenvalue weighted by molar-refractivity contribution is 9.10. The topological polar surface area (TPSA) is 55.9 Å². The maximum absolute atomic E-state index is 5.78. The maximum atomic E-state index is 5.78. The smallest absolute Gasteiger partial charge is 0.0766 e. The van der Waals surface area contributed by atoms with Crippen molar-refractivity contribution in [3.05, 3.63) is 49.7 Å². The van der Waals surface area contributed by atoms with Crippen LogP contribution in [0.4, 0.5) is 0 Å². The lowest BCUT2D eigenvalue weighted by Gasteiger charge is -2.18. The molecule has 1 aromatic carbocycles. The molecule has 0 fully saturated rings. The van der Waals surface area contributed by atoms with Crippen LogP contribution in [-0.4, -0.2) is 9.78 Å². The fourth-order valence-corrected chi connectivity index (χ4v) is 3.88. The van der Waals surface area contributed by atoms with Gasteiger partial charge in [0, 0.05) is 17.9 Å². The molecule has 1 unspecified atom stereocenters. The molecule has 114 valence electrons. The summed E-state index contributed by atoms with van der Waals surface area (Å²) < 4.78 is 4.08. The zero-order valence-electron chi connectivity index (χ0n) is 12.5. The molecule has 0 radical (unpaired) electrons. The number of hydrogen-bond acceptors (Lipinski definition) is 3. The molecule has 4 nitrogen and oxygen atoms in total. The van der Waals surface area contributed by atoms with E-state index in [1.54, 1.807) is 0 Å². The zero-order valence-corrected chi connectivity index (χ0v) is 15.6. The van der Waals surface area contributed by atoms with Crippen molar-refractivity contribution >= 4 is 31.9 Å². The van der Waals surface area contributed by atoms with Crippen LogP contribution in [0.15, 0.2) is 27.1 Å². The van der Waals surface area contributed by atoms with Gasteiger partial charge in [0.25, 0.3) is 0 Å². The Morgan fingerprint density at radius 2 is 2.05 bits per heavy atom. The van der Waals surface area contributed by atoms with Gasteiger partial charge < -0.3 is 0 Å². The van der Waals surface area contributed by atoms with Gasteiger partial charge in [-0.15, -0.1) is 0 Å². The first-order valence-electron chi connectivity index (χ1n) is 6.89. The second kappa shape index (κ2) is 7.05. The van der Waals surface area contributed by atoms with E-state index >= 15 is 0 Å². The van der Waals surface area contributed by atoms with Crippen LogP contribution in [0, 0.1) is 6.92 Å². The molecule has 0 saturated heterocycles. The molecule has 0 spiro atoms. The highest BCUT2D eigenvalue weighted by Crippen LogP contribution is 2.28. The maximum Gasteiger partial charge on any atom is 0.0766 e. The third-order valence-electron chi connectivity index (χ3n) is 3.57. The Morgan fingerprint density at radius 1 is 1.33 bits per heavy atom. The Morgan fingerprint density at radius 3 is 2.57 bits per heavy atom. The molecule has 0 aliphatic rings. The minimum atomic E-state index is 0.0395. The Labute approximate surface area is 142 Å². The summed E-state index contributed by atoms with van der Waals surface area (Å²) in [5.74, 6) is 5.78. The molecule has 2 aromatic rings. The number of nitrogens with one attached hydrogen (secondary N) is 1. The standard InChI is InChI=1S/C15H20Br2N4/c1-4-12-15(17)14(21(3)20-12)8-13(19-18)10-5-9(2)6-11(16)7-10/h5-7,13,19H,4,8,18H2,1-3H3. The van der Waals surface area contributed by atoms with Crippen molar-refractivity contribution in [1.29, 1.82) is 0 Å². The van der Waals surface area contributed by atoms with E-state index in [4.69, 9.17) is 5.84 Å². The average Bonchev–Trinajstić information content (AvgIpc) is 2.70. The Hall–Kier alpha value is -0.690. The summed E-state index contributed by atoms with van der Waals surface area (Å²) >= 11 is 7.20. The molecule has 0 aliphatic carbocycles. The highest BCUT2D eigenvalue weighted by atomic mass is 79.9. The first-order chi connectivity index (χ1) is 9.96. The number of rotatable bonds is 5. The molecule has 0 saturated carbocycles. The van der Waals surface area contributed by atoms with Crippen LogP contribution in [-0.2, 0) is 19.9 Å². The number of aromatic nitrogens is 2. The summed E-state index contributed by atoms with van der Waals surface area (Å²) in [7, 11) is 1.97. The summed E-state index contributed by atoms with van der Waals surface area (Å²) in [5, 5.41) is 4.54. The number of halogens is 2. The van der Waals surface area contributed by atoms with Crippen molar-refractivity contribution < 1.29 is 0 Å². The first-order valence-corrected chi connectivity index (χ1v) is 8.48. The number of nitrogens with zero attached hydrogens (tertiary/aromatic N) is 2. The number of aryl methyl sites for hydroxylation is 3. The predicted molar refractivity (Wildman–Crippen MR) is 92.9 cm³/mol. The van der Waals surface area contributed by atoms with Gasteiger partial charge in [0.2, 0.25) is 0 Å². The minimum Gasteiger partial charge on any atom is -0.271 e. The molecule has 1 heterocycles. The van der Waals surface area contributed by atoms with Gasteiger partial charge in [-0.1, -0.05) is 28.9 Å². The second-order valence-electron chi connectivity index (χ2n) is 5.17. The fourth-order valence-electron chi connectivity index (χ4n) is 2.47. The van der Waals surface area contributed by atoms with Gasteiger partial charge in [0.15, 0.2) is 0 Å². The van der Waals surface area contributed by atoms with Crippen LogP contribution in [0.1, 0.15) is 35.5 Å². The number of hydrazine groups is 1. The van der Waals surface area contributed by atoms with Crippen LogP contribution in [0.3, 0.4) is 0 Å². The van der Waals surface area contributed by atoms with E-state index in [-0.39, 0.29) is 6.04 Å². The lowest BCUT2D eigenvalue weighted by atomic mass is 10.0. The number of hydrogen-bond donors (Lipinski definition) is 2. The van der Waals surface area contributed by atoms with Crippen LogP contribution in [0.5, 0.6) is 0 Å². The Bertz CT molecular complexity index is 617. The van der Waals surface area contributed by atoms with E-state index in [1.165, 1.54) is 5.56 Å². The SMILES string of the molecule is CCc1nn(C)c(CC(NN)c2cc(C)cc(Br)c2)c1Br. The van der Waals surface area contributed by atoms with Crippen molar-refractivity contribution in [2.24, 2.45) is 12.9 Å². The van der Waals surface area contributed by atoms with Gasteiger partial charge in [-0.25, -0.2) is 0 Å². The first kappa shape index (κ1) is 16.7. The van der Waals surface area contributed by atoms with Crippen LogP contribution in [0.25, 0.3) is 0 Å². The number of benzene rings is 1. The summed E-state index contributed by atoms with van der Waals surface area (Å²) in [4.78, 5) is 0. The lowest BCUT2D eigenvalue weighted by Crippen LogP contribution is -2.30. The molecule has 0 amide bonds. The third kappa shape index (κ3) is 3.74. The van der Waals surface area contributed by atoms with Gasteiger partial charge in [-0.2, -0.15) is 5.10 Å². The molecule has 21 heavy (non-hydrogen) atoms. The zero-order chi connectivity index (χ0) is 15.6. The van der Waals surface area contributed by atoms with Crippen molar-refractivity contribution in [2.75, 3.05) is 0 Å². The largest absolute Gasteiger partial charge is 0.271 e. The molecule has 2 rings (SSSR count). The van der Waals surface area contributed by atoms with Crippen LogP contribution < -0.4 is 11.3 Å². The van der Waals surface area contributed by atoms with E-state index in [2.05, 4.69) is 74.4 Å². The molecule has 0 bridgehead atoms. The van der Waals surface area contributed by atoms with E-state index in [9.17, 15) is 0 Å². The molecular formula is C15H20Br2N4. The minimum absolute atomic E-state index is 0.0395. The summed E-state index contributed by atoms with van der Waals surface area (Å²) in [6, 6.07) is 6.38. The van der Waals surface area contributed by atoms with E-state index < -0.39 is 0 Å². The quantitative estimate of drug-likeness (QED) is 0.579. The third-order valence-corrected chi connectivity index (χ3v) is 4.94. The van der Waals surface area contributed by atoms with Gasteiger partial charge in [-0.05, 0) is 52.5 Å². The van der Waals surface area contributed by atoms with E-state index in [0.29, 0.717) is 0 Å². The van der Waals surface area contributed by atoms with Gasteiger partial charge >= 0.3 is 0 Å². The van der Waals surface area contributed by atoms with Gasteiger partial charge in [0.1, 0.15) is 0 Å². The van der Waals surface area contributed by atoms with Crippen LogP contribution >= 0.6 is 31.9 Å². The summed E-state index contributed by atoms with van der Waals surface area (Å²) in [6.07, 6.45) is 1.68. The fraction of sp³-hybridized carbons (Fsp3) is 0.400. The Kier molecular flexibility index (Phi) is 5.60. The second-order valence-corrected chi connectivity index (χ2v) is 6.88. The molecular weight excluding hydrogens is 396 g/mol. The van der Waals surface area contributed by atoms with Crippen LogP contribution in [0.2, 0.25) is 0 Å². The summed E-state index contributed by atoms with van der Waals surface area (Å²) in [6.45, 7) is 4.18. The molecule has 0 aliphatic heterocycles. The summed E-state index contributed by atoms with van der Waals surface area (Å²) in [5.41, 5.74) is 7.51. The van der Waals surface area contributed by atoms with E-state index in [0.717, 1.165) is 38.7 Å². The monoisotopic (exact) mass is 414 g/mol.